The van der Waals surface area contributed by atoms with Gasteiger partial charge in [-0.3, -0.25) is 0 Å². The molecule has 1 N–H and O–H groups in total. The van der Waals surface area contributed by atoms with Gasteiger partial charge >= 0.3 is 0 Å². The molecule has 3 rings (SSSR count). The molecule has 0 fully saturated rings. The number of halogens is 1. The predicted molar refractivity (Wildman–Crippen MR) is 105 cm³/mol. The van der Waals surface area contributed by atoms with Crippen molar-refractivity contribution in [3.05, 3.63) is 58.1 Å². The van der Waals surface area contributed by atoms with Crippen molar-refractivity contribution < 1.29 is 8.42 Å². The van der Waals surface area contributed by atoms with Gasteiger partial charge in [0.05, 0.1) is 10.6 Å². The van der Waals surface area contributed by atoms with Gasteiger partial charge in [-0.05, 0) is 35.7 Å². The molecular formula is C17H17ClN2O2S3. The van der Waals surface area contributed by atoms with E-state index >= 15 is 0 Å². The summed E-state index contributed by atoms with van der Waals surface area (Å²) in [6.07, 6.45) is 0. The molecular weight excluding hydrogens is 396 g/mol. The van der Waals surface area contributed by atoms with Crippen LogP contribution in [0.2, 0.25) is 5.02 Å². The Bertz CT molecular complexity index is 960. The van der Waals surface area contributed by atoms with Gasteiger partial charge in [0.1, 0.15) is 9.22 Å². The molecule has 3 aromatic rings. The van der Waals surface area contributed by atoms with Gasteiger partial charge < -0.3 is 0 Å². The molecule has 4 nitrogen and oxygen atoms in total. The first-order valence-electron chi connectivity index (χ1n) is 7.65. The molecule has 8 heteroatoms. The predicted octanol–water partition coefficient (Wildman–Crippen LogP) is 5.13. The number of hydrogen-bond donors (Lipinski definition) is 1. The summed E-state index contributed by atoms with van der Waals surface area (Å²) in [5.41, 5.74) is 1.88. The maximum atomic E-state index is 12.5. The Balaban J connectivity index is 1.74. The highest BCUT2D eigenvalue weighted by Gasteiger charge is 2.18. The number of benzene rings is 1. The summed E-state index contributed by atoms with van der Waals surface area (Å²) >= 11 is 8.61. The summed E-state index contributed by atoms with van der Waals surface area (Å²) in [4.78, 5) is 5.44. The molecule has 0 saturated carbocycles. The Morgan fingerprint density at radius 1 is 1.16 bits per heavy atom. The third-order valence-electron chi connectivity index (χ3n) is 3.55. The fraction of sp³-hybridized carbons (Fsp3) is 0.235. The molecule has 0 spiro atoms. The zero-order chi connectivity index (χ0) is 18.0. The molecule has 2 aromatic heterocycles. The lowest BCUT2D eigenvalue weighted by Gasteiger charge is -2.05. The highest BCUT2D eigenvalue weighted by atomic mass is 35.5. The number of nitrogens with one attached hydrogen (secondary N) is 1. The van der Waals surface area contributed by atoms with Gasteiger partial charge in [0, 0.05) is 16.9 Å². The smallest absolute Gasteiger partial charge is 0.240 e. The molecule has 1 aromatic carbocycles. The number of rotatable bonds is 6. The van der Waals surface area contributed by atoms with E-state index in [1.54, 1.807) is 30.3 Å². The van der Waals surface area contributed by atoms with Crippen LogP contribution in [0.15, 0.2) is 46.0 Å². The van der Waals surface area contributed by atoms with Crippen molar-refractivity contribution in [3.63, 3.8) is 0 Å². The summed E-state index contributed by atoms with van der Waals surface area (Å²) in [6.45, 7) is 4.40. The molecule has 25 heavy (non-hydrogen) atoms. The molecule has 0 unspecified atom stereocenters. The lowest BCUT2D eigenvalue weighted by Crippen LogP contribution is -2.22. The molecule has 2 heterocycles. The first-order valence-corrected chi connectivity index (χ1v) is 11.2. The molecule has 0 amide bonds. The van der Waals surface area contributed by atoms with E-state index in [0.717, 1.165) is 21.1 Å². The Morgan fingerprint density at radius 3 is 2.52 bits per heavy atom. The first-order chi connectivity index (χ1) is 11.8. The Morgan fingerprint density at radius 2 is 1.88 bits per heavy atom. The van der Waals surface area contributed by atoms with Crippen LogP contribution < -0.4 is 4.72 Å². The minimum atomic E-state index is -3.55. The largest absolute Gasteiger partial charge is 0.250 e. The average molecular weight is 413 g/mol. The van der Waals surface area contributed by atoms with Gasteiger partial charge in [0.25, 0.3) is 0 Å². The second kappa shape index (κ2) is 7.55. The van der Waals surface area contributed by atoms with Crippen molar-refractivity contribution in [1.82, 2.24) is 9.71 Å². The zero-order valence-electron chi connectivity index (χ0n) is 13.7. The monoisotopic (exact) mass is 412 g/mol. The Labute approximate surface area is 160 Å². The van der Waals surface area contributed by atoms with Gasteiger partial charge in [-0.15, -0.1) is 22.7 Å². The highest BCUT2D eigenvalue weighted by Crippen LogP contribution is 2.34. The Kier molecular flexibility index (Phi) is 5.60. The van der Waals surface area contributed by atoms with Gasteiger partial charge in [-0.2, -0.15) is 0 Å². The second-order valence-electron chi connectivity index (χ2n) is 5.80. The summed E-state index contributed by atoms with van der Waals surface area (Å²) in [6, 6.07) is 10.5. The normalized spacial score (nSPS) is 12.0. The van der Waals surface area contributed by atoms with E-state index in [1.807, 2.05) is 11.4 Å². The van der Waals surface area contributed by atoms with Crippen molar-refractivity contribution in [2.45, 2.75) is 30.5 Å². The van der Waals surface area contributed by atoms with Crippen molar-refractivity contribution in [2.24, 2.45) is 0 Å². The molecule has 0 saturated heterocycles. The fourth-order valence-electron chi connectivity index (χ4n) is 2.10. The highest BCUT2D eigenvalue weighted by molar-refractivity contribution is 7.91. The van der Waals surface area contributed by atoms with Crippen LogP contribution in [0.25, 0.3) is 9.88 Å². The number of thiophene rings is 1. The third kappa shape index (κ3) is 4.48. The van der Waals surface area contributed by atoms with Crippen LogP contribution in [0.3, 0.4) is 0 Å². The van der Waals surface area contributed by atoms with Crippen molar-refractivity contribution in [3.8, 4) is 9.88 Å². The lowest BCUT2D eigenvalue weighted by molar-refractivity contribution is 0.583. The summed E-state index contributed by atoms with van der Waals surface area (Å²) < 4.78 is 27.9. The van der Waals surface area contributed by atoms with E-state index in [-0.39, 0.29) is 10.8 Å². The summed E-state index contributed by atoms with van der Waals surface area (Å²) in [5.74, 6) is 0.356. The maximum absolute atomic E-state index is 12.5. The Hall–Kier alpha value is -1.25. The number of nitrogens with zero attached hydrogens (tertiary/aromatic N) is 1. The van der Waals surface area contributed by atoms with Crippen molar-refractivity contribution in [1.29, 1.82) is 0 Å². The number of aromatic nitrogens is 1. The van der Waals surface area contributed by atoms with Crippen LogP contribution in [0.1, 0.15) is 31.0 Å². The van der Waals surface area contributed by atoms with Crippen LogP contribution in [-0.4, -0.2) is 13.4 Å². The molecule has 0 aliphatic carbocycles. The van der Waals surface area contributed by atoms with Crippen LogP contribution >= 0.6 is 34.3 Å². The first kappa shape index (κ1) is 18.5. The molecule has 0 bridgehead atoms. The van der Waals surface area contributed by atoms with Gasteiger partial charge in [-0.1, -0.05) is 37.6 Å². The zero-order valence-corrected chi connectivity index (χ0v) is 16.9. The van der Waals surface area contributed by atoms with Gasteiger partial charge in [0.2, 0.25) is 10.0 Å². The third-order valence-corrected chi connectivity index (χ3v) is 7.81. The fourth-order valence-corrected chi connectivity index (χ4v) is 5.64. The van der Waals surface area contributed by atoms with E-state index in [4.69, 9.17) is 11.6 Å². The van der Waals surface area contributed by atoms with Gasteiger partial charge in [-0.25, -0.2) is 18.1 Å². The standard InChI is InChI=1S/C17H17ClN2O2S3/c1-11(2)14-10-23-17(20-14)15-7-8-16(24-15)25(21,22)19-9-12-3-5-13(18)6-4-12/h3-8,10-11,19H,9H2,1-2H3. The second-order valence-corrected chi connectivity index (χ2v) is 10.2. The van der Waals surface area contributed by atoms with Crippen LogP contribution in [0.4, 0.5) is 0 Å². The van der Waals surface area contributed by atoms with E-state index in [2.05, 4.69) is 23.6 Å². The SMILES string of the molecule is CC(C)c1csc(-c2ccc(S(=O)(=O)NCc3ccc(Cl)cc3)s2)n1. The summed E-state index contributed by atoms with van der Waals surface area (Å²) in [7, 11) is -3.55. The molecule has 0 atom stereocenters. The van der Waals surface area contributed by atoms with Crippen LogP contribution in [0, 0.1) is 0 Å². The minimum absolute atomic E-state index is 0.224. The minimum Gasteiger partial charge on any atom is -0.240 e. The molecule has 0 aliphatic heterocycles. The topological polar surface area (TPSA) is 59.1 Å². The maximum Gasteiger partial charge on any atom is 0.250 e. The quantitative estimate of drug-likeness (QED) is 0.610. The van der Waals surface area contributed by atoms with Crippen molar-refractivity contribution in [2.75, 3.05) is 0 Å². The molecule has 0 radical (unpaired) electrons. The number of hydrogen-bond acceptors (Lipinski definition) is 5. The summed E-state index contributed by atoms with van der Waals surface area (Å²) in [5, 5.41) is 3.50. The molecule has 132 valence electrons. The van der Waals surface area contributed by atoms with Gasteiger partial charge in [0.15, 0.2) is 0 Å². The van der Waals surface area contributed by atoms with E-state index in [1.165, 1.54) is 22.7 Å². The van der Waals surface area contributed by atoms with E-state index in [9.17, 15) is 8.42 Å². The molecule has 0 aliphatic rings. The van der Waals surface area contributed by atoms with E-state index < -0.39 is 10.0 Å². The van der Waals surface area contributed by atoms with Crippen LogP contribution in [-0.2, 0) is 16.6 Å². The average Bonchev–Trinajstić information content (AvgIpc) is 3.23. The number of sulfonamides is 1. The van der Waals surface area contributed by atoms with Crippen molar-refractivity contribution >= 4 is 44.3 Å². The lowest BCUT2D eigenvalue weighted by atomic mass is 10.2. The number of thiazole rings is 1. The van der Waals surface area contributed by atoms with Crippen LogP contribution in [0.5, 0.6) is 0 Å². The van der Waals surface area contributed by atoms with E-state index in [0.29, 0.717) is 10.9 Å².